The van der Waals surface area contributed by atoms with Crippen LogP contribution >= 0.6 is 34.5 Å². The lowest BCUT2D eigenvalue weighted by atomic mass is 10.3. The molecule has 0 atom stereocenters. The maximum absolute atomic E-state index is 5.96. The molecular formula is C13H8Cl2N2S. The number of hydrogen-bond donors (Lipinski definition) is 1. The smallest absolute Gasteiger partial charge is 0.131 e. The van der Waals surface area contributed by atoms with E-state index in [-0.39, 0.29) is 0 Å². The van der Waals surface area contributed by atoms with E-state index in [1.807, 2.05) is 23.6 Å². The molecule has 2 heterocycles. The number of halogens is 2. The van der Waals surface area contributed by atoms with Gasteiger partial charge in [-0.15, -0.1) is 11.3 Å². The van der Waals surface area contributed by atoms with Gasteiger partial charge in [-0.3, -0.25) is 0 Å². The molecule has 0 fully saturated rings. The van der Waals surface area contributed by atoms with Crippen LogP contribution in [-0.2, 0) is 0 Å². The highest BCUT2D eigenvalue weighted by Gasteiger charge is 2.04. The van der Waals surface area contributed by atoms with Crippen molar-refractivity contribution in [1.29, 1.82) is 0 Å². The first kappa shape index (κ1) is 11.8. The van der Waals surface area contributed by atoms with Gasteiger partial charge in [0.1, 0.15) is 5.82 Å². The standard InChI is InChI=1S/C13H8Cl2N2S/c14-9-6-11-12(7-10(9)15)17-13(16-11)4-3-8-2-1-5-18-8/h1-7H,(H,16,17)/b4-3+. The molecule has 0 amide bonds. The van der Waals surface area contributed by atoms with Gasteiger partial charge in [0, 0.05) is 4.88 Å². The Bertz CT molecular complexity index is 675. The zero-order chi connectivity index (χ0) is 12.5. The molecule has 0 aliphatic heterocycles. The number of nitrogens with one attached hydrogen (secondary N) is 1. The van der Waals surface area contributed by atoms with Crippen molar-refractivity contribution in [1.82, 2.24) is 9.97 Å². The summed E-state index contributed by atoms with van der Waals surface area (Å²) in [6.07, 6.45) is 3.96. The average Bonchev–Trinajstić information content (AvgIpc) is 2.96. The minimum atomic E-state index is 0.518. The van der Waals surface area contributed by atoms with Gasteiger partial charge in [0.15, 0.2) is 0 Å². The number of rotatable bonds is 2. The highest BCUT2D eigenvalue weighted by Crippen LogP contribution is 2.26. The molecule has 0 aliphatic carbocycles. The highest BCUT2D eigenvalue weighted by atomic mass is 35.5. The molecule has 5 heteroatoms. The molecule has 0 unspecified atom stereocenters. The normalized spacial score (nSPS) is 11.7. The topological polar surface area (TPSA) is 28.7 Å². The Morgan fingerprint density at radius 3 is 2.78 bits per heavy atom. The summed E-state index contributed by atoms with van der Waals surface area (Å²) in [5.41, 5.74) is 1.70. The fraction of sp³-hybridized carbons (Fsp3) is 0. The largest absolute Gasteiger partial charge is 0.338 e. The van der Waals surface area contributed by atoms with Crippen LogP contribution in [0.4, 0.5) is 0 Å². The second-order valence-corrected chi connectivity index (χ2v) is 5.55. The minimum absolute atomic E-state index is 0.518. The van der Waals surface area contributed by atoms with Gasteiger partial charge in [0.25, 0.3) is 0 Å². The number of fused-ring (bicyclic) bond motifs is 1. The van der Waals surface area contributed by atoms with Crippen molar-refractivity contribution in [3.8, 4) is 0 Å². The second-order valence-electron chi connectivity index (χ2n) is 3.75. The number of nitrogens with zero attached hydrogens (tertiary/aromatic N) is 1. The van der Waals surface area contributed by atoms with Gasteiger partial charge in [0.05, 0.1) is 21.1 Å². The Kier molecular flexibility index (Phi) is 3.12. The number of aromatic amines is 1. The van der Waals surface area contributed by atoms with Crippen molar-refractivity contribution in [2.45, 2.75) is 0 Å². The van der Waals surface area contributed by atoms with Crippen LogP contribution in [0.2, 0.25) is 10.0 Å². The van der Waals surface area contributed by atoms with E-state index < -0.39 is 0 Å². The molecule has 3 rings (SSSR count). The third-order valence-corrected chi connectivity index (χ3v) is 4.05. The van der Waals surface area contributed by atoms with E-state index in [4.69, 9.17) is 23.2 Å². The van der Waals surface area contributed by atoms with Crippen molar-refractivity contribution in [2.24, 2.45) is 0 Å². The first-order valence-corrected chi connectivity index (χ1v) is 6.92. The lowest BCUT2D eigenvalue weighted by Crippen LogP contribution is -1.72. The molecule has 1 N–H and O–H groups in total. The summed E-state index contributed by atoms with van der Waals surface area (Å²) in [6, 6.07) is 7.62. The first-order chi connectivity index (χ1) is 8.72. The Hall–Kier alpha value is -1.29. The van der Waals surface area contributed by atoms with E-state index in [0.29, 0.717) is 10.0 Å². The Labute approximate surface area is 118 Å². The molecule has 90 valence electrons. The van der Waals surface area contributed by atoms with Crippen LogP contribution in [-0.4, -0.2) is 9.97 Å². The summed E-state index contributed by atoms with van der Waals surface area (Å²) < 4.78 is 0. The van der Waals surface area contributed by atoms with Crippen LogP contribution in [0.3, 0.4) is 0 Å². The van der Waals surface area contributed by atoms with Crippen molar-refractivity contribution >= 4 is 57.7 Å². The summed E-state index contributed by atoms with van der Waals surface area (Å²) in [5, 5.41) is 3.09. The number of imidazole rings is 1. The fourth-order valence-corrected chi connectivity index (χ4v) is 2.59. The number of H-pyrrole nitrogens is 1. The quantitative estimate of drug-likeness (QED) is 0.700. The Balaban J connectivity index is 1.98. The van der Waals surface area contributed by atoms with E-state index in [0.717, 1.165) is 16.9 Å². The van der Waals surface area contributed by atoms with E-state index in [1.54, 1.807) is 23.5 Å². The molecule has 0 radical (unpaired) electrons. The number of benzene rings is 1. The molecule has 0 saturated heterocycles. The zero-order valence-electron chi connectivity index (χ0n) is 9.15. The molecule has 1 aromatic carbocycles. The summed E-state index contributed by atoms with van der Waals surface area (Å²) >= 11 is 13.6. The lowest BCUT2D eigenvalue weighted by molar-refractivity contribution is 1.30. The maximum atomic E-state index is 5.96. The lowest BCUT2D eigenvalue weighted by Gasteiger charge is -1.93. The predicted octanol–water partition coefficient (Wildman–Crippen LogP) is 5.10. The highest BCUT2D eigenvalue weighted by molar-refractivity contribution is 7.10. The SMILES string of the molecule is Clc1cc2nc(/C=C/c3cccs3)[nH]c2cc1Cl. The van der Waals surface area contributed by atoms with Crippen molar-refractivity contribution in [2.75, 3.05) is 0 Å². The minimum Gasteiger partial charge on any atom is -0.338 e. The molecule has 0 bridgehead atoms. The monoisotopic (exact) mass is 294 g/mol. The van der Waals surface area contributed by atoms with E-state index in [1.165, 1.54) is 4.88 Å². The van der Waals surface area contributed by atoms with Crippen LogP contribution in [0.5, 0.6) is 0 Å². The molecule has 2 nitrogen and oxygen atoms in total. The van der Waals surface area contributed by atoms with Crippen molar-refractivity contribution < 1.29 is 0 Å². The molecule has 0 spiro atoms. The molecule has 2 aromatic heterocycles. The van der Waals surface area contributed by atoms with Crippen LogP contribution in [0, 0.1) is 0 Å². The molecule has 0 saturated carbocycles. The van der Waals surface area contributed by atoms with E-state index in [9.17, 15) is 0 Å². The van der Waals surface area contributed by atoms with Gasteiger partial charge < -0.3 is 4.98 Å². The maximum Gasteiger partial charge on any atom is 0.131 e. The van der Waals surface area contributed by atoms with Gasteiger partial charge >= 0.3 is 0 Å². The number of hydrogen-bond acceptors (Lipinski definition) is 2. The van der Waals surface area contributed by atoms with Crippen LogP contribution in [0.15, 0.2) is 29.6 Å². The van der Waals surface area contributed by atoms with Crippen LogP contribution < -0.4 is 0 Å². The molecule has 0 aliphatic rings. The number of aromatic nitrogens is 2. The van der Waals surface area contributed by atoms with Crippen LogP contribution in [0.1, 0.15) is 10.7 Å². The predicted molar refractivity (Wildman–Crippen MR) is 79.4 cm³/mol. The summed E-state index contributed by atoms with van der Waals surface area (Å²) in [5.74, 6) is 0.789. The van der Waals surface area contributed by atoms with E-state index in [2.05, 4.69) is 16.0 Å². The van der Waals surface area contributed by atoms with Gasteiger partial charge in [-0.2, -0.15) is 0 Å². The summed E-state index contributed by atoms with van der Waals surface area (Å²) in [7, 11) is 0. The fourth-order valence-electron chi connectivity index (χ4n) is 1.65. The third kappa shape index (κ3) is 2.29. The third-order valence-electron chi connectivity index (χ3n) is 2.49. The van der Waals surface area contributed by atoms with Gasteiger partial charge in [0.2, 0.25) is 0 Å². The number of thiophene rings is 1. The Morgan fingerprint density at radius 1 is 1.17 bits per heavy atom. The van der Waals surface area contributed by atoms with Gasteiger partial charge in [-0.05, 0) is 35.7 Å². The van der Waals surface area contributed by atoms with Gasteiger partial charge in [-0.25, -0.2) is 4.98 Å². The molecule has 18 heavy (non-hydrogen) atoms. The summed E-state index contributed by atoms with van der Waals surface area (Å²) in [6.45, 7) is 0. The molecule has 3 aromatic rings. The van der Waals surface area contributed by atoms with Crippen molar-refractivity contribution in [3.05, 3.63) is 50.4 Å². The van der Waals surface area contributed by atoms with Gasteiger partial charge in [-0.1, -0.05) is 29.3 Å². The average molecular weight is 295 g/mol. The second kappa shape index (κ2) is 4.76. The summed E-state index contributed by atoms with van der Waals surface area (Å²) in [4.78, 5) is 8.81. The zero-order valence-corrected chi connectivity index (χ0v) is 11.5. The Morgan fingerprint density at radius 2 is 2.00 bits per heavy atom. The molecular weight excluding hydrogens is 287 g/mol. The first-order valence-electron chi connectivity index (χ1n) is 5.29. The van der Waals surface area contributed by atoms with Crippen LogP contribution in [0.25, 0.3) is 23.2 Å². The van der Waals surface area contributed by atoms with E-state index >= 15 is 0 Å². The van der Waals surface area contributed by atoms with Crippen molar-refractivity contribution in [3.63, 3.8) is 0 Å².